The van der Waals surface area contributed by atoms with E-state index in [4.69, 9.17) is 49.4 Å². The lowest BCUT2D eigenvalue weighted by atomic mass is 10.4. The van der Waals surface area contributed by atoms with Gasteiger partial charge in [-0.3, -0.25) is 0 Å². The highest BCUT2D eigenvalue weighted by molar-refractivity contribution is 6.41. The molecule has 0 aromatic heterocycles. The van der Waals surface area contributed by atoms with Gasteiger partial charge in [0.1, 0.15) is 6.61 Å². The van der Waals surface area contributed by atoms with E-state index >= 15 is 0 Å². The van der Waals surface area contributed by atoms with Crippen LogP contribution in [0.1, 0.15) is 0 Å². The maximum atomic E-state index is 10.2. The van der Waals surface area contributed by atoms with Crippen LogP contribution in [-0.2, 0) is 14.3 Å². The number of hydrogen-bond acceptors (Lipinski definition) is 3. The molecule has 1 rings (SSSR count). The van der Waals surface area contributed by atoms with Gasteiger partial charge in [-0.1, -0.05) is 23.2 Å². The minimum absolute atomic E-state index is 0.0774. The van der Waals surface area contributed by atoms with Gasteiger partial charge in [-0.25, -0.2) is 4.79 Å². The van der Waals surface area contributed by atoms with E-state index in [9.17, 15) is 4.79 Å². The number of carboxylic acid groups (broad SMARTS) is 1. The predicted octanol–water partition coefficient (Wildman–Crippen LogP) is 2.21. The predicted molar refractivity (Wildman–Crippen MR) is 51.1 cm³/mol. The van der Waals surface area contributed by atoms with Crippen LogP contribution in [0.4, 0.5) is 0 Å². The molecule has 1 aliphatic heterocycles. The molecule has 1 atom stereocenters. The standard InChI is InChI=1S/C7H5Cl3O4/c8-3-1-4(9)7(14-6(3)10)13-2-5(11)12/h1,7H,2H2,(H,11,12). The zero-order valence-electron chi connectivity index (χ0n) is 6.67. The summed E-state index contributed by atoms with van der Waals surface area (Å²) >= 11 is 16.8. The van der Waals surface area contributed by atoms with Crippen LogP contribution in [0, 0.1) is 0 Å². The molecule has 1 N–H and O–H groups in total. The molecule has 0 amide bonds. The molecule has 0 radical (unpaired) electrons. The second-order valence-corrected chi connectivity index (χ2v) is 3.49. The second-order valence-electron chi connectivity index (χ2n) is 2.31. The highest BCUT2D eigenvalue weighted by atomic mass is 35.5. The van der Waals surface area contributed by atoms with Crippen LogP contribution >= 0.6 is 34.8 Å². The Kier molecular flexibility index (Phi) is 4.07. The van der Waals surface area contributed by atoms with E-state index in [1.165, 1.54) is 6.08 Å². The van der Waals surface area contributed by atoms with Gasteiger partial charge in [0.25, 0.3) is 0 Å². The minimum atomic E-state index is -1.13. The molecule has 0 aromatic carbocycles. The summed E-state index contributed by atoms with van der Waals surface area (Å²) in [4.78, 5) is 10.2. The topological polar surface area (TPSA) is 55.8 Å². The molecule has 0 saturated carbocycles. The molecule has 7 heteroatoms. The molecule has 0 bridgehead atoms. The Morgan fingerprint density at radius 1 is 1.57 bits per heavy atom. The first-order valence-electron chi connectivity index (χ1n) is 3.43. The lowest BCUT2D eigenvalue weighted by Gasteiger charge is -2.21. The van der Waals surface area contributed by atoms with Crippen molar-refractivity contribution in [3.8, 4) is 0 Å². The van der Waals surface area contributed by atoms with Gasteiger partial charge in [-0.15, -0.1) is 0 Å². The monoisotopic (exact) mass is 258 g/mol. The van der Waals surface area contributed by atoms with E-state index in [-0.39, 0.29) is 15.3 Å². The van der Waals surface area contributed by atoms with Crippen molar-refractivity contribution in [2.24, 2.45) is 0 Å². The van der Waals surface area contributed by atoms with Gasteiger partial charge < -0.3 is 14.6 Å². The summed E-state index contributed by atoms with van der Waals surface area (Å²) in [6.45, 7) is -0.531. The third-order valence-corrected chi connectivity index (χ3v) is 2.20. The first kappa shape index (κ1) is 11.7. The normalized spacial score (nSPS) is 21.6. The van der Waals surface area contributed by atoms with Gasteiger partial charge in [-0.05, 0) is 17.7 Å². The van der Waals surface area contributed by atoms with Crippen molar-refractivity contribution in [3.05, 3.63) is 21.4 Å². The van der Waals surface area contributed by atoms with Gasteiger partial charge in [0.15, 0.2) is 0 Å². The zero-order valence-corrected chi connectivity index (χ0v) is 8.94. The Labute approximate surface area is 94.6 Å². The number of carboxylic acids is 1. The van der Waals surface area contributed by atoms with E-state index < -0.39 is 18.9 Å². The van der Waals surface area contributed by atoms with Gasteiger partial charge in [0.2, 0.25) is 11.5 Å². The Hall–Kier alpha value is -0.420. The van der Waals surface area contributed by atoms with E-state index in [1.807, 2.05) is 0 Å². The Morgan fingerprint density at radius 2 is 2.21 bits per heavy atom. The molecule has 0 spiro atoms. The number of carbonyl (C=O) groups is 1. The van der Waals surface area contributed by atoms with Gasteiger partial charge in [-0.2, -0.15) is 0 Å². The zero-order chi connectivity index (χ0) is 10.7. The molecule has 0 fully saturated rings. The van der Waals surface area contributed by atoms with Crippen LogP contribution in [-0.4, -0.2) is 24.0 Å². The fraction of sp³-hybridized carbons (Fsp3) is 0.286. The van der Waals surface area contributed by atoms with Crippen molar-refractivity contribution in [2.75, 3.05) is 6.61 Å². The first-order valence-corrected chi connectivity index (χ1v) is 4.56. The van der Waals surface area contributed by atoms with E-state index in [0.717, 1.165) is 0 Å². The molecule has 1 heterocycles. The van der Waals surface area contributed by atoms with E-state index in [1.54, 1.807) is 0 Å². The average Bonchev–Trinajstić information content (AvgIpc) is 2.09. The van der Waals surface area contributed by atoms with Crippen molar-refractivity contribution in [3.63, 3.8) is 0 Å². The van der Waals surface area contributed by atoms with Crippen LogP contribution in [0.5, 0.6) is 0 Å². The van der Waals surface area contributed by atoms with E-state index in [2.05, 4.69) is 0 Å². The minimum Gasteiger partial charge on any atom is -0.480 e. The highest BCUT2D eigenvalue weighted by Crippen LogP contribution is 2.30. The third-order valence-electron chi connectivity index (χ3n) is 1.25. The van der Waals surface area contributed by atoms with Gasteiger partial charge >= 0.3 is 5.97 Å². The summed E-state index contributed by atoms with van der Waals surface area (Å²) in [5.74, 6) is -1.13. The Bertz CT molecular complexity index is 310. The quantitative estimate of drug-likeness (QED) is 0.844. The highest BCUT2D eigenvalue weighted by Gasteiger charge is 2.23. The summed E-state index contributed by atoms with van der Waals surface area (Å²) in [5.41, 5.74) is 0. The number of aliphatic carboxylic acids is 1. The maximum absolute atomic E-state index is 10.2. The fourth-order valence-corrected chi connectivity index (χ4v) is 1.28. The largest absolute Gasteiger partial charge is 0.480 e. The molecule has 4 nitrogen and oxygen atoms in total. The molecule has 14 heavy (non-hydrogen) atoms. The van der Waals surface area contributed by atoms with Gasteiger partial charge in [0, 0.05) is 0 Å². The molecule has 78 valence electrons. The number of hydrogen-bond donors (Lipinski definition) is 1. The van der Waals surface area contributed by atoms with E-state index in [0.29, 0.717) is 0 Å². The fourth-order valence-electron chi connectivity index (χ4n) is 0.713. The SMILES string of the molecule is O=C(O)COC1OC(Cl)=C(Cl)C=C1Cl. The van der Waals surface area contributed by atoms with Crippen molar-refractivity contribution in [1.29, 1.82) is 0 Å². The van der Waals surface area contributed by atoms with Crippen molar-refractivity contribution < 1.29 is 19.4 Å². The number of halogens is 3. The number of rotatable bonds is 3. The van der Waals surface area contributed by atoms with Crippen LogP contribution in [0.3, 0.4) is 0 Å². The molecule has 0 saturated heterocycles. The Balaban J connectivity index is 2.59. The summed E-state index contributed by atoms with van der Waals surface area (Å²) in [6, 6.07) is 0. The van der Waals surface area contributed by atoms with Gasteiger partial charge in [0.05, 0.1) is 10.1 Å². The van der Waals surface area contributed by atoms with Crippen molar-refractivity contribution in [2.45, 2.75) is 6.29 Å². The Morgan fingerprint density at radius 3 is 2.79 bits per heavy atom. The maximum Gasteiger partial charge on any atom is 0.329 e. The summed E-state index contributed by atoms with van der Waals surface area (Å²) in [5, 5.41) is 8.54. The summed E-state index contributed by atoms with van der Waals surface area (Å²) < 4.78 is 9.66. The van der Waals surface area contributed by atoms with Crippen LogP contribution in [0.2, 0.25) is 0 Å². The van der Waals surface area contributed by atoms with Crippen molar-refractivity contribution >= 4 is 40.8 Å². The molecule has 1 unspecified atom stereocenters. The number of ether oxygens (including phenoxy) is 2. The smallest absolute Gasteiger partial charge is 0.329 e. The second kappa shape index (κ2) is 4.89. The number of allylic oxidation sites excluding steroid dienone is 2. The first-order chi connectivity index (χ1) is 6.50. The molecule has 0 aliphatic carbocycles. The molecular weight excluding hydrogens is 254 g/mol. The molecule has 1 aliphatic rings. The summed E-state index contributed by atoms with van der Waals surface area (Å²) in [6.07, 6.45) is 0.323. The lowest BCUT2D eigenvalue weighted by molar-refractivity contribution is -0.152. The lowest BCUT2D eigenvalue weighted by Crippen LogP contribution is -2.22. The van der Waals surface area contributed by atoms with Crippen LogP contribution in [0.15, 0.2) is 21.4 Å². The molecular formula is C7H5Cl3O4. The summed E-state index contributed by atoms with van der Waals surface area (Å²) in [7, 11) is 0. The molecule has 0 aromatic rings. The van der Waals surface area contributed by atoms with Crippen LogP contribution in [0.25, 0.3) is 0 Å². The third kappa shape index (κ3) is 3.06. The average molecular weight is 259 g/mol. The van der Waals surface area contributed by atoms with Crippen LogP contribution < -0.4 is 0 Å². The van der Waals surface area contributed by atoms with Crippen molar-refractivity contribution in [1.82, 2.24) is 0 Å².